The Morgan fingerprint density at radius 1 is 1.56 bits per heavy atom. The maximum absolute atomic E-state index is 10.9. The lowest BCUT2D eigenvalue weighted by Crippen LogP contribution is -2.31. The zero-order valence-corrected chi connectivity index (χ0v) is 10.8. The fourth-order valence-electron chi connectivity index (χ4n) is 1.90. The summed E-state index contributed by atoms with van der Waals surface area (Å²) >= 11 is 0. The van der Waals surface area contributed by atoms with Crippen molar-refractivity contribution >= 4 is 5.97 Å². The van der Waals surface area contributed by atoms with Crippen LogP contribution in [-0.2, 0) is 14.3 Å². The predicted octanol–water partition coefficient (Wildman–Crippen LogP) is 2.14. The van der Waals surface area contributed by atoms with Crippen molar-refractivity contribution in [2.75, 3.05) is 6.61 Å². The zero-order chi connectivity index (χ0) is 13.1. The first-order valence-electron chi connectivity index (χ1n) is 6.02. The van der Waals surface area contributed by atoms with Gasteiger partial charge in [0.05, 0.1) is 5.69 Å². The van der Waals surface area contributed by atoms with E-state index >= 15 is 0 Å². The van der Waals surface area contributed by atoms with Crippen molar-refractivity contribution in [3.8, 4) is 5.75 Å². The van der Waals surface area contributed by atoms with Crippen LogP contribution in [0, 0.1) is 6.92 Å². The van der Waals surface area contributed by atoms with E-state index in [-0.39, 0.29) is 25.0 Å². The first-order valence-corrected chi connectivity index (χ1v) is 6.02. The molecule has 18 heavy (non-hydrogen) atoms. The van der Waals surface area contributed by atoms with Crippen molar-refractivity contribution < 1.29 is 19.0 Å². The molecule has 2 unspecified atom stereocenters. The van der Waals surface area contributed by atoms with Crippen LogP contribution in [0.5, 0.6) is 5.75 Å². The quantitative estimate of drug-likeness (QED) is 0.770. The fourth-order valence-corrected chi connectivity index (χ4v) is 1.90. The number of hydrogen-bond donors (Lipinski definition) is 0. The molecule has 0 bridgehead atoms. The minimum absolute atomic E-state index is 0.200. The average Bonchev–Trinajstić information content (AvgIpc) is 2.36. The van der Waals surface area contributed by atoms with Gasteiger partial charge >= 0.3 is 5.97 Å². The summed E-state index contributed by atoms with van der Waals surface area (Å²) in [7, 11) is 0. The third kappa shape index (κ3) is 2.61. The Balaban J connectivity index is 2.25. The molecular weight excluding hydrogens is 234 g/mol. The van der Waals surface area contributed by atoms with Crippen LogP contribution in [0.3, 0.4) is 0 Å². The molecule has 1 aliphatic heterocycles. The Labute approximate surface area is 106 Å². The molecule has 2 heterocycles. The van der Waals surface area contributed by atoms with Gasteiger partial charge in [0.1, 0.15) is 18.5 Å². The summed E-state index contributed by atoms with van der Waals surface area (Å²) in [6.07, 6.45) is 1.82. The van der Waals surface area contributed by atoms with Crippen LogP contribution in [-0.4, -0.2) is 23.9 Å². The van der Waals surface area contributed by atoms with Crippen LogP contribution in [0.25, 0.3) is 0 Å². The molecule has 2 atom stereocenters. The summed E-state index contributed by atoms with van der Waals surface area (Å²) in [6.45, 7) is 5.45. The topological polar surface area (TPSA) is 57.7 Å². The zero-order valence-electron chi connectivity index (χ0n) is 10.8. The molecule has 0 amide bonds. The van der Waals surface area contributed by atoms with Crippen molar-refractivity contribution in [3.63, 3.8) is 0 Å². The SMILES string of the molecule is CCC1Oc2c(ccnc2C)C(COC(C)=O)O1. The Hall–Kier alpha value is -1.62. The van der Waals surface area contributed by atoms with Crippen molar-refractivity contribution in [3.05, 3.63) is 23.5 Å². The summed E-state index contributed by atoms with van der Waals surface area (Å²) in [5, 5.41) is 0. The molecule has 1 aromatic rings. The van der Waals surface area contributed by atoms with E-state index in [1.54, 1.807) is 6.20 Å². The molecule has 1 aliphatic rings. The van der Waals surface area contributed by atoms with E-state index in [2.05, 4.69) is 4.98 Å². The smallest absolute Gasteiger partial charge is 0.302 e. The molecule has 0 radical (unpaired) electrons. The number of ether oxygens (including phenoxy) is 3. The van der Waals surface area contributed by atoms with Gasteiger partial charge in [-0.05, 0) is 13.0 Å². The molecule has 2 rings (SSSR count). The van der Waals surface area contributed by atoms with Crippen molar-refractivity contribution in [1.82, 2.24) is 4.98 Å². The number of esters is 1. The second-order valence-electron chi connectivity index (χ2n) is 4.20. The van der Waals surface area contributed by atoms with Gasteiger partial charge in [-0.2, -0.15) is 0 Å². The molecule has 0 spiro atoms. The Kier molecular flexibility index (Phi) is 3.81. The number of aromatic nitrogens is 1. The molecule has 5 heteroatoms. The second kappa shape index (κ2) is 5.35. The van der Waals surface area contributed by atoms with Gasteiger partial charge in [-0.3, -0.25) is 9.78 Å². The largest absolute Gasteiger partial charge is 0.463 e. The number of pyridine rings is 1. The Bertz CT molecular complexity index is 447. The third-order valence-corrected chi connectivity index (χ3v) is 2.80. The van der Waals surface area contributed by atoms with E-state index in [0.29, 0.717) is 0 Å². The maximum atomic E-state index is 10.9. The minimum atomic E-state index is -0.319. The highest BCUT2D eigenvalue weighted by atomic mass is 16.7. The van der Waals surface area contributed by atoms with E-state index in [9.17, 15) is 4.79 Å². The van der Waals surface area contributed by atoms with Gasteiger partial charge in [-0.15, -0.1) is 0 Å². The average molecular weight is 251 g/mol. The van der Waals surface area contributed by atoms with Gasteiger partial charge in [0.25, 0.3) is 0 Å². The number of carbonyl (C=O) groups excluding carboxylic acids is 1. The number of fused-ring (bicyclic) bond motifs is 1. The summed E-state index contributed by atoms with van der Waals surface area (Å²) in [6, 6.07) is 1.84. The monoisotopic (exact) mass is 251 g/mol. The first kappa shape index (κ1) is 12.8. The van der Waals surface area contributed by atoms with Gasteiger partial charge in [-0.25, -0.2) is 0 Å². The minimum Gasteiger partial charge on any atom is -0.463 e. The van der Waals surface area contributed by atoms with E-state index in [4.69, 9.17) is 14.2 Å². The lowest BCUT2D eigenvalue weighted by molar-refractivity contribution is -0.170. The van der Waals surface area contributed by atoms with Gasteiger partial charge in [-0.1, -0.05) is 6.92 Å². The number of carbonyl (C=O) groups is 1. The highest BCUT2D eigenvalue weighted by molar-refractivity contribution is 5.65. The molecule has 0 aromatic carbocycles. The Morgan fingerprint density at radius 3 is 3.00 bits per heavy atom. The van der Waals surface area contributed by atoms with Crippen LogP contribution in [0.4, 0.5) is 0 Å². The highest BCUT2D eigenvalue weighted by Crippen LogP contribution is 2.36. The van der Waals surface area contributed by atoms with Gasteiger partial charge in [0.2, 0.25) is 6.29 Å². The van der Waals surface area contributed by atoms with E-state index in [1.165, 1.54) is 6.92 Å². The van der Waals surface area contributed by atoms with E-state index in [1.807, 2.05) is 19.9 Å². The standard InChI is InChI=1S/C13H17NO4/c1-4-12-17-11(7-16-9(3)15)10-5-6-14-8(2)13(10)18-12/h5-6,11-12H,4,7H2,1-3H3. The molecular formula is C13H17NO4. The molecule has 0 saturated carbocycles. The summed E-state index contributed by atoms with van der Waals surface area (Å²) < 4.78 is 16.5. The van der Waals surface area contributed by atoms with Crippen LogP contribution in [0.1, 0.15) is 37.6 Å². The van der Waals surface area contributed by atoms with E-state index in [0.717, 1.165) is 23.4 Å². The summed E-state index contributed by atoms with van der Waals surface area (Å²) in [5.41, 5.74) is 1.70. The highest BCUT2D eigenvalue weighted by Gasteiger charge is 2.30. The number of hydrogen-bond acceptors (Lipinski definition) is 5. The lowest BCUT2D eigenvalue weighted by atomic mass is 10.1. The number of nitrogens with zero attached hydrogens (tertiary/aromatic N) is 1. The van der Waals surface area contributed by atoms with Crippen LogP contribution in [0.2, 0.25) is 0 Å². The summed E-state index contributed by atoms with van der Waals surface area (Å²) in [4.78, 5) is 15.1. The fraction of sp³-hybridized carbons (Fsp3) is 0.538. The lowest BCUT2D eigenvalue weighted by Gasteiger charge is -2.32. The van der Waals surface area contributed by atoms with Crippen molar-refractivity contribution in [1.29, 1.82) is 0 Å². The molecule has 0 saturated heterocycles. The van der Waals surface area contributed by atoms with Crippen LogP contribution >= 0.6 is 0 Å². The van der Waals surface area contributed by atoms with E-state index < -0.39 is 0 Å². The molecule has 0 fully saturated rings. The molecule has 98 valence electrons. The second-order valence-corrected chi connectivity index (χ2v) is 4.20. The maximum Gasteiger partial charge on any atom is 0.302 e. The molecule has 5 nitrogen and oxygen atoms in total. The van der Waals surface area contributed by atoms with Gasteiger partial charge < -0.3 is 14.2 Å². The first-order chi connectivity index (χ1) is 8.61. The van der Waals surface area contributed by atoms with Crippen molar-refractivity contribution in [2.45, 2.75) is 39.6 Å². The Morgan fingerprint density at radius 2 is 2.33 bits per heavy atom. The van der Waals surface area contributed by atoms with Crippen LogP contribution in [0.15, 0.2) is 12.3 Å². The van der Waals surface area contributed by atoms with Crippen LogP contribution < -0.4 is 4.74 Å². The molecule has 1 aromatic heterocycles. The van der Waals surface area contributed by atoms with Gasteiger partial charge in [0.15, 0.2) is 0 Å². The normalized spacial score (nSPS) is 21.9. The molecule has 0 aliphatic carbocycles. The molecule has 0 N–H and O–H groups in total. The summed E-state index contributed by atoms with van der Waals surface area (Å²) in [5.74, 6) is 0.429. The van der Waals surface area contributed by atoms with Gasteiger partial charge in [0, 0.05) is 25.1 Å². The third-order valence-electron chi connectivity index (χ3n) is 2.80. The predicted molar refractivity (Wildman–Crippen MR) is 64.1 cm³/mol. The number of aryl methyl sites for hydroxylation is 1. The number of rotatable bonds is 3. The van der Waals surface area contributed by atoms with Crippen molar-refractivity contribution in [2.24, 2.45) is 0 Å².